The zero-order valence-corrected chi connectivity index (χ0v) is 14.3. The molecule has 2 rings (SSSR count). The van der Waals surface area contributed by atoms with Crippen LogP contribution < -0.4 is 10.5 Å². The van der Waals surface area contributed by atoms with Gasteiger partial charge in [0.25, 0.3) is 0 Å². The van der Waals surface area contributed by atoms with E-state index in [1.54, 1.807) is 6.92 Å². The predicted octanol–water partition coefficient (Wildman–Crippen LogP) is 1.90. The van der Waals surface area contributed by atoms with Crippen LogP contribution in [0.1, 0.15) is 31.4 Å². The molecule has 1 aliphatic carbocycles. The molecule has 1 aromatic carbocycles. The molecule has 0 bridgehead atoms. The highest BCUT2D eigenvalue weighted by atomic mass is 19.1. The lowest BCUT2D eigenvalue weighted by atomic mass is 9.92. The normalized spacial score (nSPS) is 29.3. The van der Waals surface area contributed by atoms with Gasteiger partial charge in [-0.15, -0.1) is 0 Å². The zero-order valence-electron chi connectivity index (χ0n) is 14.3. The molecule has 0 heterocycles. The standard InChI is InChI=1S/C17H21F2NO6/c1-8(9-3-4-11(18)12(5-9)25-2)26-13-6-10(7-14(21)22)15(19)17(13,20)16(23)24/h3-5,8,10,13,15H,6-7,20H2,1-2H3,(H,21,22)(H,23,24)/t8-,10+,13-,15-,17+/m1/s1. The highest BCUT2D eigenvalue weighted by Gasteiger charge is 2.60. The number of carboxylic acid groups (broad SMARTS) is 2. The van der Waals surface area contributed by atoms with Crippen LogP contribution in [-0.4, -0.2) is 47.1 Å². The second-order valence-corrected chi connectivity index (χ2v) is 6.39. The van der Waals surface area contributed by atoms with Crippen molar-refractivity contribution < 1.29 is 38.1 Å². The van der Waals surface area contributed by atoms with Gasteiger partial charge >= 0.3 is 11.9 Å². The Labute approximate surface area is 148 Å². The number of aliphatic carboxylic acids is 2. The Morgan fingerprint density at radius 3 is 2.62 bits per heavy atom. The number of alkyl halides is 1. The van der Waals surface area contributed by atoms with Gasteiger partial charge in [0.05, 0.1) is 25.7 Å². The highest BCUT2D eigenvalue weighted by Crippen LogP contribution is 2.42. The summed E-state index contributed by atoms with van der Waals surface area (Å²) in [5.41, 5.74) is 3.90. The smallest absolute Gasteiger partial charge is 0.329 e. The van der Waals surface area contributed by atoms with E-state index in [0.29, 0.717) is 5.56 Å². The average molecular weight is 373 g/mol. The molecule has 0 saturated heterocycles. The highest BCUT2D eigenvalue weighted by molar-refractivity contribution is 5.81. The lowest BCUT2D eigenvalue weighted by Crippen LogP contribution is -2.61. The molecule has 26 heavy (non-hydrogen) atoms. The van der Waals surface area contributed by atoms with Crippen LogP contribution in [0.5, 0.6) is 5.75 Å². The van der Waals surface area contributed by atoms with E-state index in [1.165, 1.54) is 25.3 Å². The third-order valence-electron chi connectivity index (χ3n) is 4.74. The van der Waals surface area contributed by atoms with Crippen molar-refractivity contribution in [1.29, 1.82) is 0 Å². The number of carboxylic acids is 2. The van der Waals surface area contributed by atoms with Gasteiger partial charge in [-0.05, 0) is 31.0 Å². The summed E-state index contributed by atoms with van der Waals surface area (Å²) in [6.07, 6.45) is -4.76. The fraction of sp³-hybridized carbons (Fsp3) is 0.529. The average Bonchev–Trinajstić information content (AvgIpc) is 2.80. The first-order valence-corrected chi connectivity index (χ1v) is 7.98. The van der Waals surface area contributed by atoms with Crippen LogP contribution in [0.25, 0.3) is 0 Å². The first-order chi connectivity index (χ1) is 12.1. The van der Waals surface area contributed by atoms with Crippen LogP contribution in [-0.2, 0) is 14.3 Å². The van der Waals surface area contributed by atoms with Crippen molar-refractivity contribution in [2.45, 2.75) is 43.7 Å². The fourth-order valence-electron chi connectivity index (χ4n) is 3.25. The SMILES string of the molecule is COc1cc([C@@H](C)O[C@@H]2C[C@@H](CC(=O)O)[C@@H](F)[C@]2(N)C(=O)O)ccc1F. The number of hydrogen-bond donors (Lipinski definition) is 3. The van der Waals surface area contributed by atoms with Crippen LogP contribution >= 0.6 is 0 Å². The van der Waals surface area contributed by atoms with Crippen LogP contribution in [0.4, 0.5) is 8.78 Å². The van der Waals surface area contributed by atoms with Gasteiger partial charge in [0, 0.05) is 5.92 Å². The molecule has 9 heteroatoms. The van der Waals surface area contributed by atoms with Crippen molar-refractivity contribution in [3.63, 3.8) is 0 Å². The summed E-state index contributed by atoms with van der Waals surface area (Å²) >= 11 is 0. The van der Waals surface area contributed by atoms with Crippen molar-refractivity contribution in [3.05, 3.63) is 29.6 Å². The van der Waals surface area contributed by atoms with Gasteiger partial charge in [0.15, 0.2) is 17.1 Å². The Kier molecular flexibility index (Phi) is 5.82. The molecule has 0 aromatic heterocycles. The summed E-state index contributed by atoms with van der Waals surface area (Å²) in [4.78, 5) is 22.5. The molecule has 0 spiro atoms. The van der Waals surface area contributed by atoms with Gasteiger partial charge in [-0.25, -0.2) is 8.78 Å². The Morgan fingerprint density at radius 1 is 1.42 bits per heavy atom. The van der Waals surface area contributed by atoms with E-state index in [1.807, 2.05) is 0 Å². The third-order valence-corrected chi connectivity index (χ3v) is 4.74. The molecule has 0 unspecified atom stereocenters. The summed E-state index contributed by atoms with van der Waals surface area (Å²) in [5, 5.41) is 18.3. The van der Waals surface area contributed by atoms with Gasteiger partial charge < -0.3 is 25.4 Å². The van der Waals surface area contributed by atoms with Gasteiger partial charge in [-0.2, -0.15) is 0 Å². The van der Waals surface area contributed by atoms with Gasteiger partial charge in [-0.1, -0.05) is 6.07 Å². The second kappa shape index (κ2) is 7.55. The minimum absolute atomic E-state index is 0.0197. The lowest BCUT2D eigenvalue weighted by Gasteiger charge is -2.31. The molecule has 4 N–H and O–H groups in total. The Balaban J connectivity index is 2.25. The van der Waals surface area contributed by atoms with E-state index in [0.717, 1.165) is 0 Å². The second-order valence-electron chi connectivity index (χ2n) is 6.39. The van der Waals surface area contributed by atoms with E-state index in [-0.39, 0.29) is 12.2 Å². The van der Waals surface area contributed by atoms with E-state index in [4.69, 9.17) is 20.3 Å². The molecular formula is C17H21F2NO6. The maximum Gasteiger partial charge on any atom is 0.329 e. The fourth-order valence-corrected chi connectivity index (χ4v) is 3.25. The summed E-state index contributed by atoms with van der Waals surface area (Å²) in [6.45, 7) is 1.58. The number of rotatable bonds is 7. The quantitative estimate of drug-likeness (QED) is 0.668. The topological polar surface area (TPSA) is 119 Å². The number of halogens is 2. The van der Waals surface area contributed by atoms with Gasteiger partial charge in [0.1, 0.15) is 6.17 Å². The lowest BCUT2D eigenvalue weighted by molar-refractivity contribution is -0.154. The monoisotopic (exact) mass is 373 g/mol. The molecule has 0 amide bonds. The third kappa shape index (κ3) is 3.63. The molecule has 7 nitrogen and oxygen atoms in total. The van der Waals surface area contributed by atoms with Gasteiger partial charge in [0.2, 0.25) is 0 Å². The molecular weight excluding hydrogens is 352 g/mol. The van der Waals surface area contributed by atoms with Crippen LogP contribution in [0.15, 0.2) is 18.2 Å². The first kappa shape index (κ1) is 20.1. The maximum absolute atomic E-state index is 14.6. The molecule has 1 saturated carbocycles. The summed E-state index contributed by atoms with van der Waals surface area (Å²) in [6, 6.07) is 3.98. The van der Waals surface area contributed by atoms with E-state index in [9.17, 15) is 23.5 Å². The predicted molar refractivity (Wildman–Crippen MR) is 86.1 cm³/mol. The molecule has 144 valence electrons. The van der Waals surface area contributed by atoms with Crippen molar-refractivity contribution in [2.24, 2.45) is 11.7 Å². The van der Waals surface area contributed by atoms with Gasteiger partial charge in [-0.3, -0.25) is 9.59 Å². The summed E-state index contributed by atoms with van der Waals surface area (Å²) in [5.74, 6) is -4.52. The number of benzene rings is 1. The van der Waals surface area contributed by atoms with Crippen LogP contribution in [0, 0.1) is 11.7 Å². The first-order valence-electron chi connectivity index (χ1n) is 7.98. The zero-order chi connectivity index (χ0) is 19.6. The minimum Gasteiger partial charge on any atom is -0.494 e. The van der Waals surface area contributed by atoms with E-state index in [2.05, 4.69) is 0 Å². The van der Waals surface area contributed by atoms with Crippen molar-refractivity contribution >= 4 is 11.9 Å². The van der Waals surface area contributed by atoms with Crippen LogP contribution in [0.3, 0.4) is 0 Å². The molecule has 1 aliphatic rings. The number of carbonyl (C=O) groups is 2. The number of nitrogens with two attached hydrogens (primary N) is 1. The Bertz CT molecular complexity index is 700. The van der Waals surface area contributed by atoms with E-state index < -0.39 is 54.0 Å². The molecule has 0 aliphatic heterocycles. The number of hydrogen-bond acceptors (Lipinski definition) is 5. The Hall–Kier alpha value is -2.26. The molecule has 1 aromatic rings. The van der Waals surface area contributed by atoms with Crippen molar-refractivity contribution in [2.75, 3.05) is 7.11 Å². The van der Waals surface area contributed by atoms with Crippen molar-refractivity contribution in [1.82, 2.24) is 0 Å². The maximum atomic E-state index is 14.6. The van der Waals surface area contributed by atoms with E-state index >= 15 is 0 Å². The number of methoxy groups -OCH3 is 1. The molecule has 0 radical (unpaired) electrons. The molecule has 5 atom stereocenters. The summed E-state index contributed by atoms with van der Waals surface area (Å²) in [7, 11) is 1.30. The molecule has 1 fully saturated rings. The Morgan fingerprint density at radius 2 is 2.08 bits per heavy atom. The van der Waals surface area contributed by atoms with Crippen molar-refractivity contribution in [3.8, 4) is 5.75 Å². The minimum atomic E-state index is -2.36. The number of ether oxygens (including phenoxy) is 2. The largest absolute Gasteiger partial charge is 0.494 e. The van der Waals surface area contributed by atoms with Crippen LogP contribution in [0.2, 0.25) is 0 Å². The summed E-state index contributed by atoms with van der Waals surface area (Å²) < 4.78 is 38.7.